The fraction of sp³-hybridized carbons (Fsp3) is 0.400. The summed E-state index contributed by atoms with van der Waals surface area (Å²) in [6, 6.07) is 6.37. The molecule has 3 N–H and O–H groups in total. The fourth-order valence-electron chi connectivity index (χ4n) is 2.56. The van der Waals surface area contributed by atoms with E-state index < -0.39 is 0 Å². The van der Waals surface area contributed by atoms with Crippen LogP contribution < -0.4 is 11.1 Å². The third-order valence-electron chi connectivity index (χ3n) is 3.92. The van der Waals surface area contributed by atoms with Crippen molar-refractivity contribution in [2.75, 3.05) is 5.73 Å². The Kier molecular flexibility index (Phi) is 2.97. The lowest BCUT2D eigenvalue weighted by molar-refractivity contribution is 0.0954. The Balaban J connectivity index is 1.90. The van der Waals surface area contributed by atoms with Gasteiger partial charge in [-0.15, -0.1) is 11.3 Å². The largest absolute Gasteiger partial charge is 0.397 e. The Morgan fingerprint density at radius 2 is 2.32 bits per heavy atom. The van der Waals surface area contributed by atoms with Gasteiger partial charge in [0.2, 0.25) is 0 Å². The van der Waals surface area contributed by atoms with Gasteiger partial charge in [0.05, 0.1) is 5.69 Å². The summed E-state index contributed by atoms with van der Waals surface area (Å²) in [4.78, 5) is 12.9. The number of aryl methyl sites for hydroxylation is 1. The molecule has 2 unspecified atom stereocenters. The standard InChI is InChI=1S/C15H18N2OS/c1-3-9-7-11(9)17-15(18)14-12(16)10-6-4-5-8(2)13(10)19-14/h4-6,9,11H,3,7,16H2,1-2H3,(H,17,18). The van der Waals surface area contributed by atoms with Gasteiger partial charge in [-0.05, 0) is 24.8 Å². The molecule has 2 aromatic rings. The van der Waals surface area contributed by atoms with Crippen LogP contribution in [0.4, 0.5) is 5.69 Å². The van der Waals surface area contributed by atoms with E-state index in [1.54, 1.807) is 0 Å². The molecular formula is C15H18N2OS. The van der Waals surface area contributed by atoms with Gasteiger partial charge in [0.25, 0.3) is 5.91 Å². The van der Waals surface area contributed by atoms with Crippen molar-refractivity contribution in [2.45, 2.75) is 32.7 Å². The number of nitrogens with two attached hydrogens (primary N) is 1. The quantitative estimate of drug-likeness (QED) is 0.902. The van der Waals surface area contributed by atoms with Crippen LogP contribution in [0.25, 0.3) is 10.1 Å². The normalized spacial score (nSPS) is 21.6. The predicted octanol–water partition coefficient (Wildman–Crippen LogP) is 3.32. The van der Waals surface area contributed by atoms with E-state index in [0.29, 0.717) is 22.5 Å². The van der Waals surface area contributed by atoms with Crippen molar-refractivity contribution in [3.63, 3.8) is 0 Å². The maximum atomic E-state index is 12.3. The van der Waals surface area contributed by atoms with Crippen molar-refractivity contribution < 1.29 is 4.79 Å². The summed E-state index contributed by atoms with van der Waals surface area (Å²) in [5.41, 5.74) is 7.91. The van der Waals surface area contributed by atoms with Gasteiger partial charge in [0.1, 0.15) is 4.88 Å². The first-order valence-corrected chi connectivity index (χ1v) is 7.52. The van der Waals surface area contributed by atoms with Crippen LogP contribution in [0.15, 0.2) is 18.2 Å². The molecule has 1 heterocycles. The first kappa shape index (κ1) is 12.5. The Morgan fingerprint density at radius 3 is 2.95 bits per heavy atom. The highest BCUT2D eigenvalue weighted by Gasteiger charge is 2.37. The lowest BCUT2D eigenvalue weighted by Gasteiger charge is -2.02. The number of nitrogens with one attached hydrogen (secondary N) is 1. The molecular weight excluding hydrogens is 256 g/mol. The second-order valence-corrected chi connectivity index (χ2v) is 6.30. The first-order valence-electron chi connectivity index (χ1n) is 6.70. The van der Waals surface area contributed by atoms with Gasteiger partial charge >= 0.3 is 0 Å². The first-order chi connectivity index (χ1) is 9.11. The van der Waals surface area contributed by atoms with E-state index in [0.717, 1.165) is 22.9 Å². The van der Waals surface area contributed by atoms with Gasteiger partial charge in [-0.3, -0.25) is 4.79 Å². The lowest BCUT2D eigenvalue weighted by Crippen LogP contribution is -2.26. The van der Waals surface area contributed by atoms with Crippen LogP contribution in [0.3, 0.4) is 0 Å². The minimum atomic E-state index is -0.0148. The Bertz CT molecular complexity index is 647. The third kappa shape index (κ3) is 2.10. The van der Waals surface area contributed by atoms with Crippen LogP contribution in [-0.4, -0.2) is 11.9 Å². The molecule has 3 rings (SSSR count). The maximum Gasteiger partial charge on any atom is 0.263 e. The second-order valence-electron chi connectivity index (χ2n) is 5.28. The molecule has 1 aromatic heterocycles. The van der Waals surface area contributed by atoms with Gasteiger partial charge < -0.3 is 11.1 Å². The summed E-state index contributed by atoms with van der Waals surface area (Å²) in [6.07, 6.45) is 2.23. The molecule has 0 radical (unpaired) electrons. The zero-order chi connectivity index (χ0) is 13.6. The van der Waals surface area contributed by atoms with Crippen LogP contribution in [0, 0.1) is 12.8 Å². The van der Waals surface area contributed by atoms with E-state index in [-0.39, 0.29) is 5.91 Å². The summed E-state index contributed by atoms with van der Waals surface area (Å²) in [6.45, 7) is 4.21. The number of hydrogen-bond acceptors (Lipinski definition) is 3. The molecule has 1 saturated carbocycles. The zero-order valence-corrected chi connectivity index (χ0v) is 12.0. The number of carbonyl (C=O) groups excluding carboxylic acids is 1. The lowest BCUT2D eigenvalue weighted by atomic mass is 10.1. The number of hydrogen-bond donors (Lipinski definition) is 2. The monoisotopic (exact) mass is 274 g/mol. The molecule has 0 saturated heterocycles. The number of fused-ring (bicyclic) bond motifs is 1. The summed E-state index contributed by atoms with van der Waals surface area (Å²) >= 11 is 1.50. The average Bonchev–Trinajstić information content (AvgIpc) is 3.05. The fourth-order valence-corrected chi connectivity index (χ4v) is 3.65. The average molecular weight is 274 g/mol. The van der Waals surface area contributed by atoms with E-state index >= 15 is 0 Å². The number of nitrogen functional groups attached to an aromatic ring is 1. The number of amides is 1. The number of anilines is 1. The molecule has 1 amide bonds. The van der Waals surface area contributed by atoms with Crippen molar-refractivity contribution in [3.05, 3.63) is 28.6 Å². The van der Waals surface area contributed by atoms with Crippen LogP contribution in [0.1, 0.15) is 35.0 Å². The van der Waals surface area contributed by atoms with Gasteiger partial charge in [-0.1, -0.05) is 31.5 Å². The van der Waals surface area contributed by atoms with Crippen molar-refractivity contribution in [1.82, 2.24) is 5.32 Å². The molecule has 2 atom stereocenters. The van der Waals surface area contributed by atoms with Crippen LogP contribution in [0.2, 0.25) is 0 Å². The van der Waals surface area contributed by atoms with Gasteiger partial charge in [-0.25, -0.2) is 0 Å². The van der Waals surface area contributed by atoms with E-state index in [1.165, 1.54) is 16.9 Å². The number of carbonyl (C=O) groups is 1. The molecule has 0 bridgehead atoms. The summed E-state index contributed by atoms with van der Waals surface area (Å²) in [7, 11) is 0. The van der Waals surface area contributed by atoms with Crippen molar-refractivity contribution in [1.29, 1.82) is 0 Å². The number of rotatable bonds is 3. The maximum absolute atomic E-state index is 12.3. The topological polar surface area (TPSA) is 55.1 Å². The molecule has 19 heavy (non-hydrogen) atoms. The molecule has 1 aliphatic carbocycles. The van der Waals surface area contributed by atoms with Gasteiger partial charge in [0, 0.05) is 16.1 Å². The second kappa shape index (κ2) is 4.53. The Labute approximate surface area is 116 Å². The number of thiophene rings is 1. The van der Waals surface area contributed by atoms with Crippen molar-refractivity contribution in [3.8, 4) is 0 Å². The highest BCUT2D eigenvalue weighted by atomic mass is 32.1. The number of benzene rings is 1. The van der Waals surface area contributed by atoms with E-state index in [4.69, 9.17) is 5.73 Å². The SMILES string of the molecule is CCC1CC1NC(=O)c1sc2c(C)cccc2c1N. The van der Waals surface area contributed by atoms with Crippen LogP contribution >= 0.6 is 11.3 Å². The molecule has 0 spiro atoms. The molecule has 1 aromatic carbocycles. The van der Waals surface area contributed by atoms with E-state index in [2.05, 4.69) is 12.2 Å². The smallest absolute Gasteiger partial charge is 0.263 e. The summed E-state index contributed by atoms with van der Waals surface area (Å²) in [5, 5.41) is 4.08. The highest BCUT2D eigenvalue weighted by molar-refractivity contribution is 7.21. The molecule has 4 heteroatoms. The molecule has 100 valence electrons. The molecule has 1 aliphatic rings. The third-order valence-corrected chi connectivity index (χ3v) is 5.28. The van der Waals surface area contributed by atoms with Crippen LogP contribution in [-0.2, 0) is 0 Å². The molecule has 1 fully saturated rings. The minimum Gasteiger partial charge on any atom is -0.397 e. The Morgan fingerprint density at radius 1 is 1.53 bits per heavy atom. The summed E-state index contributed by atoms with van der Waals surface area (Å²) in [5.74, 6) is 0.639. The van der Waals surface area contributed by atoms with Gasteiger partial charge in [-0.2, -0.15) is 0 Å². The van der Waals surface area contributed by atoms with E-state index in [9.17, 15) is 4.79 Å². The van der Waals surface area contributed by atoms with Crippen LogP contribution in [0.5, 0.6) is 0 Å². The van der Waals surface area contributed by atoms with E-state index in [1.807, 2.05) is 25.1 Å². The molecule has 0 aliphatic heterocycles. The summed E-state index contributed by atoms with van der Waals surface area (Å²) < 4.78 is 1.12. The zero-order valence-electron chi connectivity index (χ0n) is 11.2. The predicted molar refractivity (Wildman–Crippen MR) is 80.6 cm³/mol. The van der Waals surface area contributed by atoms with Gasteiger partial charge in [0.15, 0.2) is 0 Å². The Hall–Kier alpha value is -1.55. The van der Waals surface area contributed by atoms with Crippen molar-refractivity contribution in [2.24, 2.45) is 5.92 Å². The highest BCUT2D eigenvalue weighted by Crippen LogP contribution is 2.37. The molecule has 3 nitrogen and oxygen atoms in total. The van der Waals surface area contributed by atoms with Crippen molar-refractivity contribution >= 4 is 33.0 Å². The minimum absolute atomic E-state index is 0.0148.